The van der Waals surface area contributed by atoms with Crippen LogP contribution in [0.25, 0.3) is 0 Å². The van der Waals surface area contributed by atoms with E-state index < -0.39 is 5.91 Å². The van der Waals surface area contributed by atoms with Gasteiger partial charge in [-0.3, -0.25) is 14.6 Å². The van der Waals surface area contributed by atoms with Crippen LogP contribution >= 0.6 is 0 Å². The fourth-order valence-electron chi connectivity index (χ4n) is 3.05. The molecule has 0 bridgehead atoms. The van der Waals surface area contributed by atoms with Crippen LogP contribution in [0.4, 0.5) is 11.4 Å². The van der Waals surface area contributed by atoms with Crippen LogP contribution < -0.4 is 20.1 Å². The van der Waals surface area contributed by atoms with E-state index in [4.69, 9.17) is 13.9 Å². The van der Waals surface area contributed by atoms with E-state index in [9.17, 15) is 9.59 Å². The SMILES string of the molecule is COc1ccc(NC(=O)c2cccc(NC(=O)c3ccco3)c2)cc1OCc1ccncc1. The Morgan fingerprint density at radius 1 is 0.879 bits per heavy atom. The second-order valence-corrected chi connectivity index (χ2v) is 6.98. The van der Waals surface area contributed by atoms with Gasteiger partial charge in [0.25, 0.3) is 11.8 Å². The lowest BCUT2D eigenvalue weighted by Gasteiger charge is -2.13. The van der Waals surface area contributed by atoms with E-state index >= 15 is 0 Å². The highest BCUT2D eigenvalue weighted by Gasteiger charge is 2.13. The second-order valence-electron chi connectivity index (χ2n) is 6.98. The maximum atomic E-state index is 12.8. The van der Waals surface area contributed by atoms with E-state index in [2.05, 4.69) is 15.6 Å². The van der Waals surface area contributed by atoms with Crippen molar-refractivity contribution in [1.82, 2.24) is 4.98 Å². The lowest BCUT2D eigenvalue weighted by Crippen LogP contribution is -2.14. The van der Waals surface area contributed by atoms with Crippen LogP contribution in [0.15, 0.2) is 89.8 Å². The molecular formula is C25H21N3O5. The summed E-state index contributed by atoms with van der Waals surface area (Å²) in [7, 11) is 1.55. The number of anilines is 2. The van der Waals surface area contributed by atoms with Gasteiger partial charge >= 0.3 is 0 Å². The molecule has 4 aromatic rings. The number of furan rings is 1. The molecule has 8 heteroatoms. The van der Waals surface area contributed by atoms with Crippen molar-refractivity contribution >= 4 is 23.2 Å². The summed E-state index contributed by atoms with van der Waals surface area (Å²) in [6, 6.07) is 18.7. The first kappa shape index (κ1) is 21.6. The molecule has 33 heavy (non-hydrogen) atoms. The molecule has 0 saturated heterocycles. The van der Waals surface area contributed by atoms with Gasteiger partial charge in [0, 0.05) is 35.4 Å². The monoisotopic (exact) mass is 443 g/mol. The highest BCUT2D eigenvalue weighted by molar-refractivity contribution is 6.06. The summed E-state index contributed by atoms with van der Waals surface area (Å²) in [5, 5.41) is 5.55. The van der Waals surface area contributed by atoms with Gasteiger partial charge in [0.1, 0.15) is 6.61 Å². The summed E-state index contributed by atoms with van der Waals surface area (Å²) in [6.45, 7) is 0.327. The Balaban J connectivity index is 1.45. The van der Waals surface area contributed by atoms with Crippen LogP contribution in [-0.2, 0) is 6.61 Å². The molecule has 0 radical (unpaired) electrons. The Kier molecular flexibility index (Phi) is 6.65. The fourth-order valence-corrected chi connectivity index (χ4v) is 3.05. The first-order valence-corrected chi connectivity index (χ1v) is 10.1. The number of hydrogen-bond acceptors (Lipinski definition) is 6. The van der Waals surface area contributed by atoms with Gasteiger partial charge in [-0.05, 0) is 60.2 Å². The number of ether oxygens (including phenoxy) is 2. The van der Waals surface area contributed by atoms with Crippen molar-refractivity contribution in [2.45, 2.75) is 6.61 Å². The van der Waals surface area contributed by atoms with Crippen LogP contribution in [0.5, 0.6) is 11.5 Å². The van der Waals surface area contributed by atoms with Gasteiger partial charge in [0.2, 0.25) is 0 Å². The topological polar surface area (TPSA) is 103 Å². The summed E-state index contributed by atoms with van der Waals surface area (Å²) >= 11 is 0. The molecule has 2 aromatic heterocycles. The second kappa shape index (κ2) is 10.1. The Labute approximate surface area is 190 Å². The molecular weight excluding hydrogens is 422 g/mol. The third-order valence-electron chi connectivity index (χ3n) is 4.69. The zero-order valence-electron chi connectivity index (χ0n) is 17.8. The van der Waals surface area contributed by atoms with Crippen LogP contribution in [0.1, 0.15) is 26.5 Å². The quantitative estimate of drug-likeness (QED) is 0.407. The zero-order valence-corrected chi connectivity index (χ0v) is 17.8. The number of nitrogens with zero attached hydrogens (tertiary/aromatic N) is 1. The van der Waals surface area contributed by atoms with Gasteiger partial charge in [-0.15, -0.1) is 0 Å². The van der Waals surface area contributed by atoms with Crippen LogP contribution in [0.3, 0.4) is 0 Å². The summed E-state index contributed by atoms with van der Waals surface area (Å²) in [5.41, 5.74) is 2.34. The number of benzene rings is 2. The Bertz CT molecular complexity index is 1240. The van der Waals surface area contributed by atoms with Crippen molar-refractivity contribution in [1.29, 1.82) is 0 Å². The number of carbonyl (C=O) groups is 2. The van der Waals surface area contributed by atoms with Gasteiger partial charge in [0.15, 0.2) is 17.3 Å². The van der Waals surface area contributed by atoms with Gasteiger partial charge in [-0.25, -0.2) is 0 Å². The highest BCUT2D eigenvalue weighted by Crippen LogP contribution is 2.31. The predicted octanol–water partition coefficient (Wildman–Crippen LogP) is 4.77. The minimum absolute atomic E-state index is 0.183. The zero-order chi connectivity index (χ0) is 23.0. The summed E-state index contributed by atoms with van der Waals surface area (Å²) in [6.07, 6.45) is 4.80. The van der Waals surface area contributed by atoms with Gasteiger partial charge in [-0.1, -0.05) is 6.07 Å². The Morgan fingerprint density at radius 3 is 2.42 bits per heavy atom. The minimum Gasteiger partial charge on any atom is -0.493 e. The maximum absolute atomic E-state index is 12.8. The average Bonchev–Trinajstić information content (AvgIpc) is 3.39. The summed E-state index contributed by atoms with van der Waals surface area (Å²) < 4.78 is 16.3. The van der Waals surface area contributed by atoms with Crippen LogP contribution in [0, 0.1) is 0 Å². The number of amides is 2. The van der Waals surface area contributed by atoms with Gasteiger partial charge in [-0.2, -0.15) is 0 Å². The molecule has 0 aliphatic heterocycles. The molecule has 2 amide bonds. The van der Waals surface area contributed by atoms with Gasteiger partial charge < -0.3 is 24.5 Å². The normalized spacial score (nSPS) is 10.3. The number of carbonyl (C=O) groups excluding carboxylic acids is 2. The van der Waals surface area contributed by atoms with Crippen molar-refractivity contribution < 1.29 is 23.5 Å². The molecule has 0 atom stereocenters. The predicted molar refractivity (Wildman–Crippen MR) is 123 cm³/mol. The molecule has 0 fully saturated rings. The van der Waals surface area contributed by atoms with Crippen LogP contribution in [0.2, 0.25) is 0 Å². The fraction of sp³-hybridized carbons (Fsp3) is 0.0800. The third-order valence-corrected chi connectivity index (χ3v) is 4.69. The molecule has 8 nitrogen and oxygen atoms in total. The summed E-state index contributed by atoms with van der Waals surface area (Å²) in [4.78, 5) is 29.0. The lowest BCUT2D eigenvalue weighted by atomic mass is 10.1. The molecule has 2 heterocycles. The number of methoxy groups -OCH3 is 1. The van der Waals surface area contributed by atoms with E-state index in [1.54, 1.807) is 74.1 Å². The van der Waals surface area contributed by atoms with E-state index in [0.29, 0.717) is 35.0 Å². The van der Waals surface area contributed by atoms with E-state index in [1.165, 1.54) is 6.26 Å². The molecule has 0 saturated carbocycles. The molecule has 4 rings (SSSR count). The van der Waals surface area contributed by atoms with Crippen molar-refractivity contribution in [2.24, 2.45) is 0 Å². The molecule has 0 aliphatic carbocycles. The molecule has 0 spiro atoms. The number of hydrogen-bond donors (Lipinski definition) is 2. The number of aromatic nitrogens is 1. The standard InChI is InChI=1S/C25H21N3O5/c1-31-21-8-7-20(15-23(21)33-16-17-9-11-26-12-10-17)27-24(29)18-4-2-5-19(14-18)28-25(30)22-6-3-13-32-22/h2-15H,16H2,1H3,(H,27,29)(H,28,30). The van der Waals surface area contributed by atoms with Crippen molar-refractivity contribution in [3.05, 3.63) is 102 Å². The Morgan fingerprint density at radius 2 is 1.67 bits per heavy atom. The largest absolute Gasteiger partial charge is 0.493 e. The first-order valence-electron chi connectivity index (χ1n) is 10.1. The third kappa shape index (κ3) is 5.56. The van der Waals surface area contributed by atoms with Crippen molar-refractivity contribution in [2.75, 3.05) is 17.7 Å². The van der Waals surface area contributed by atoms with E-state index in [1.807, 2.05) is 12.1 Å². The van der Waals surface area contributed by atoms with E-state index in [-0.39, 0.29) is 11.7 Å². The molecule has 0 aliphatic rings. The van der Waals surface area contributed by atoms with Gasteiger partial charge in [0.05, 0.1) is 13.4 Å². The van der Waals surface area contributed by atoms with Crippen LogP contribution in [-0.4, -0.2) is 23.9 Å². The number of pyridine rings is 1. The summed E-state index contributed by atoms with van der Waals surface area (Å²) in [5.74, 6) is 0.483. The Hall–Kier alpha value is -4.59. The lowest BCUT2D eigenvalue weighted by molar-refractivity contribution is 0.0993. The molecule has 2 N–H and O–H groups in total. The molecule has 166 valence electrons. The minimum atomic E-state index is -0.399. The molecule has 2 aromatic carbocycles. The van der Waals surface area contributed by atoms with Crippen molar-refractivity contribution in [3.8, 4) is 11.5 Å². The smallest absolute Gasteiger partial charge is 0.291 e. The first-order chi connectivity index (χ1) is 16.1. The average molecular weight is 443 g/mol. The number of nitrogens with one attached hydrogen (secondary N) is 2. The maximum Gasteiger partial charge on any atom is 0.291 e. The van der Waals surface area contributed by atoms with E-state index in [0.717, 1.165) is 5.56 Å². The molecule has 0 unspecified atom stereocenters. The highest BCUT2D eigenvalue weighted by atomic mass is 16.5. The van der Waals surface area contributed by atoms with Crippen molar-refractivity contribution in [3.63, 3.8) is 0 Å². The number of rotatable bonds is 8.